The Morgan fingerprint density at radius 1 is 0.968 bits per heavy atom. The third-order valence-electron chi connectivity index (χ3n) is 5.01. The molecule has 1 heterocycles. The normalized spacial score (nSPS) is 14.3. The molecule has 0 unspecified atom stereocenters. The molecule has 0 saturated heterocycles. The molecule has 31 heavy (non-hydrogen) atoms. The van der Waals surface area contributed by atoms with Crippen molar-refractivity contribution in [2.24, 2.45) is 0 Å². The molecule has 3 aromatic carbocycles. The van der Waals surface area contributed by atoms with Crippen LogP contribution in [0.1, 0.15) is 52.6 Å². The number of benzene rings is 3. The number of halogens is 1. The Morgan fingerprint density at radius 2 is 1.65 bits per heavy atom. The smallest absolute Gasteiger partial charge is 0.343 e. The summed E-state index contributed by atoms with van der Waals surface area (Å²) in [4.78, 5) is 25.1. The van der Waals surface area contributed by atoms with Gasteiger partial charge in [-0.15, -0.1) is 0 Å². The number of ether oxygens (including phenoxy) is 2. The van der Waals surface area contributed by atoms with Gasteiger partial charge in [0.05, 0.1) is 11.1 Å². The zero-order valence-corrected chi connectivity index (χ0v) is 17.4. The summed E-state index contributed by atoms with van der Waals surface area (Å²) in [5.74, 6) is -0.417. The van der Waals surface area contributed by atoms with Gasteiger partial charge in [-0.2, -0.15) is 0 Å². The third kappa shape index (κ3) is 4.40. The van der Waals surface area contributed by atoms with Gasteiger partial charge >= 0.3 is 5.97 Å². The maximum atomic E-state index is 13.1. The number of hydrogen-bond donors (Lipinski definition) is 0. The highest BCUT2D eigenvalue weighted by Gasteiger charge is 2.28. The number of carbonyl (C=O) groups is 2. The molecule has 5 heteroatoms. The number of ketones is 1. The molecule has 156 valence electrons. The van der Waals surface area contributed by atoms with Crippen molar-refractivity contribution in [3.8, 4) is 11.5 Å². The van der Waals surface area contributed by atoms with E-state index in [0.717, 1.165) is 5.56 Å². The first kappa shape index (κ1) is 20.5. The molecule has 0 spiro atoms. The second-order valence-electron chi connectivity index (χ2n) is 8.37. The van der Waals surface area contributed by atoms with E-state index >= 15 is 0 Å². The van der Waals surface area contributed by atoms with E-state index in [2.05, 4.69) is 20.8 Å². The molecule has 4 nitrogen and oxygen atoms in total. The molecule has 1 aliphatic rings. The maximum absolute atomic E-state index is 13.1. The first-order chi connectivity index (χ1) is 14.7. The fourth-order valence-corrected chi connectivity index (χ4v) is 3.21. The lowest BCUT2D eigenvalue weighted by atomic mass is 9.87. The number of hydrogen-bond acceptors (Lipinski definition) is 4. The Kier molecular flexibility index (Phi) is 5.19. The van der Waals surface area contributed by atoms with E-state index in [4.69, 9.17) is 9.47 Å². The van der Waals surface area contributed by atoms with E-state index in [1.165, 1.54) is 18.2 Å². The van der Waals surface area contributed by atoms with Crippen molar-refractivity contribution in [3.63, 3.8) is 0 Å². The summed E-state index contributed by atoms with van der Waals surface area (Å²) in [6, 6.07) is 17.7. The van der Waals surface area contributed by atoms with Gasteiger partial charge in [-0.3, -0.25) is 4.79 Å². The van der Waals surface area contributed by atoms with Gasteiger partial charge in [-0.1, -0.05) is 45.0 Å². The summed E-state index contributed by atoms with van der Waals surface area (Å²) >= 11 is 0. The molecule has 0 N–H and O–H groups in total. The van der Waals surface area contributed by atoms with Gasteiger partial charge in [-0.05, 0) is 59.0 Å². The standard InChI is InChI=1S/C26H21FO4/c1-26(2,3)18-8-6-17(7-9-18)25(29)30-20-12-13-21-22(15-20)31-23(24(21)28)14-16-4-10-19(27)11-5-16/h4-15H,1-3H3. The summed E-state index contributed by atoms with van der Waals surface area (Å²) in [7, 11) is 0. The van der Waals surface area contributed by atoms with Crippen molar-refractivity contribution < 1.29 is 23.5 Å². The molecule has 0 radical (unpaired) electrons. The Labute approximate surface area is 179 Å². The predicted molar refractivity (Wildman–Crippen MR) is 116 cm³/mol. The van der Waals surface area contributed by atoms with Gasteiger partial charge in [0.15, 0.2) is 5.76 Å². The Morgan fingerprint density at radius 3 is 2.29 bits per heavy atom. The Hall–Kier alpha value is -3.73. The monoisotopic (exact) mass is 416 g/mol. The average molecular weight is 416 g/mol. The van der Waals surface area contributed by atoms with Gasteiger partial charge in [0.2, 0.25) is 5.78 Å². The molecule has 3 aromatic rings. The third-order valence-corrected chi connectivity index (χ3v) is 5.01. The minimum Gasteiger partial charge on any atom is -0.452 e. The van der Waals surface area contributed by atoms with Gasteiger partial charge in [0, 0.05) is 6.07 Å². The van der Waals surface area contributed by atoms with Crippen LogP contribution in [0.4, 0.5) is 4.39 Å². The van der Waals surface area contributed by atoms with Crippen molar-refractivity contribution in [2.75, 3.05) is 0 Å². The van der Waals surface area contributed by atoms with Crippen LogP contribution in [0.25, 0.3) is 6.08 Å². The lowest BCUT2D eigenvalue weighted by Crippen LogP contribution is -2.12. The first-order valence-corrected chi connectivity index (χ1v) is 9.87. The summed E-state index contributed by atoms with van der Waals surface area (Å²) in [5.41, 5.74) is 2.56. The van der Waals surface area contributed by atoms with Gasteiger partial charge in [0.25, 0.3) is 0 Å². The number of rotatable bonds is 3. The first-order valence-electron chi connectivity index (χ1n) is 9.87. The van der Waals surface area contributed by atoms with Crippen LogP contribution in [-0.2, 0) is 5.41 Å². The van der Waals surface area contributed by atoms with Crippen molar-refractivity contribution in [3.05, 3.63) is 101 Å². The van der Waals surface area contributed by atoms with Crippen LogP contribution < -0.4 is 9.47 Å². The maximum Gasteiger partial charge on any atom is 0.343 e. The van der Waals surface area contributed by atoms with Crippen molar-refractivity contribution >= 4 is 17.8 Å². The van der Waals surface area contributed by atoms with Crippen LogP contribution in [0.5, 0.6) is 11.5 Å². The molecule has 0 atom stereocenters. The van der Waals surface area contributed by atoms with Gasteiger partial charge in [0.1, 0.15) is 17.3 Å². The molecule has 0 saturated carbocycles. The predicted octanol–water partition coefficient (Wildman–Crippen LogP) is 5.96. The number of fused-ring (bicyclic) bond motifs is 1. The number of esters is 1. The lowest BCUT2D eigenvalue weighted by molar-refractivity contribution is 0.0734. The Bertz CT molecular complexity index is 1180. The average Bonchev–Trinajstić information content (AvgIpc) is 3.04. The number of carbonyl (C=O) groups excluding carboxylic acids is 2. The zero-order chi connectivity index (χ0) is 22.2. The molecule has 0 aromatic heterocycles. The van der Waals surface area contributed by atoms with E-state index in [1.807, 2.05) is 12.1 Å². The highest BCUT2D eigenvalue weighted by molar-refractivity contribution is 6.14. The van der Waals surface area contributed by atoms with Crippen LogP contribution in [0, 0.1) is 5.82 Å². The van der Waals surface area contributed by atoms with Crippen molar-refractivity contribution in [1.29, 1.82) is 0 Å². The van der Waals surface area contributed by atoms with E-state index < -0.39 is 5.97 Å². The highest BCUT2D eigenvalue weighted by atomic mass is 19.1. The number of allylic oxidation sites excluding steroid dienone is 1. The largest absolute Gasteiger partial charge is 0.452 e. The molecule has 0 amide bonds. The topological polar surface area (TPSA) is 52.6 Å². The van der Waals surface area contributed by atoms with Crippen LogP contribution in [-0.4, -0.2) is 11.8 Å². The van der Waals surface area contributed by atoms with Crippen molar-refractivity contribution in [1.82, 2.24) is 0 Å². The zero-order valence-electron chi connectivity index (χ0n) is 17.4. The molecular weight excluding hydrogens is 395 g/mol. The second-order valence-corrected chi connectivity index (χ2v) is 8.37. The highest BCUT2D eigenvalue weighted by Crippen LogP contribution is 2.35. The summed E-state index contributed by atoms with van der Waals surface area (Å²) < 4.78 is 24.2. The SMILES string of the molecule is CC(C)(C)c1ccc(C(=O)Oc2ccc3c(c2)OC(=Cc2ccc(F)cc2)C3=O)cc1. The van der Waals surface area contributed by atoms with E-state index in [0.29, 0.717) is 22.4 Å². The Balaban J connectivity index is 1.50. The molecule has 4 rings (SSSR count). The quantitative estimate of drug-likeness (QED) is 0.300. The molecular formula is C26H21FO4. The van der Waals surface area contributed by atoms with Crippen LogP contribution in [0.3, 0.4) is 0 Å². The molecule has 0 bridgehead atoms. The summed E-state index contributed by atoms with van der Waals surface area (Å²) in [6.45, 7) is 6.31. The molecule has 1 aliphatic heterocycles. The summed E-state index contributed by atoms with van der Waals surface area (Å²) in [6.07, 6.45) is 1.55. The number of Topliss-reactive ketones (excluding diaryl/α,β-unsaturated/α-hetero) is 1. The fourth-order valence-electron chi connectivity index (χ4n) is 3.21. The van der Waals surface area contributed by atoms with E-state index in [1.54, 1.807) is 42.5 Å². The van der Waals surface area contributed by atoms with Gasteiger partial charge in [-0.25, -0.2) is 9.18 Å². The van der Waals surface area contributed by atoms with E-state index in [-0.39, 0.29) is 28.5 Å². The molecule has 0 aliphatic carbocycles. The molecule has 0 fully saturated rings. The lowest BCUT2D eigenvalue weighted by Gasteiger charge is -2.18. The fraction of sp³-hybridized carbons (Fsp3) is 0.154. The van der Waals surface area contributed by atoms with Crippen LogP contribution in [0.15, 0.2) is 72.5 Å². The van der Waals surface area contributed by atoms with Crippen molar-refractivity contribution in [2.45, 2.75) is 26.2 Å². The summed E-state index contributed by atoms with van der Waals surface area (Å²) in [5, 5.41) is 0. The second kappa shape index (κ2) is 7.84. The van der Waals surface area contributed by atoms with Crippen LogP contribution in [0.2, 0.25) is 0 Å². The minimum absolute atomic E-state index is 0.00850. The van der Waals surface area contributed by atoms with E-state index in [9.17, 15) is 14.0 Å². The van der Waals surface area contributed by atoms with Crippen LogP contribution >= 0.6 is 0 Å². The van der Waals surface area contributed by atoms with Gasteiger partial charge < -0.3 is 9.47 Å². The minimum atomic E-state index is -0.494.